The Morgan fingerprint density at radius 1 is 1.28 bits per heavy atom. The highest BCUT2D eigenvalue weighted by atomic mass is 19.4. The first-order valence-corrected chi connectivity index (χ1v) is 7.39. The number of alkyl halides is 3. The molecule has 0 bridgehead atoms. The first-order valence-electron chi connectivity index (χ1n) is 7.39. The minimum absolute atomic E-state index is 0.0352. The third-order valence-corrected chi connectivity index (χ3v) is 3.32. The summed E-state index contributed by atoms with van der Waals surface area (Å²) in [6, 6.07) is 9.23. The SMILES string of the molecule is N#CCCN(Cc1cccnc1)C(=O)Nc1cccc(C(F)(F)F)c1. The maximum absolute atomic E-state index is 12.8. The average molecular weight is 348 g/mol. The van der Waals surface area contributed by atoms with Crippen molar-refractivity contribution in [1.82, 2.24) is 9.88 Å². The maximum Gasteiger partial charge on any atom is 0.416 e. The summed E-state index contributed by atoms with van der Waals surface area (Å²) in [6.45, 7) is 0.344. The Morgan fingerprint density at radius 2 is 2.08 bits per heavy atom. The van der Waals surface area contributed by atoms with Crippen LogP contribution < -0.4 is 5.32 Å². The smallest absolute Gasteiger partial charge is 0.319 e. The molecule has 1 aromatic carbocycles. The molecule has 0 aliphatic carbocycles. The predicted octanol–water partition coefficient (Wildman–Crippen LogP) is 4.05. The molecule has 0 unspecified atom stereocenters. The molecule has 0 aliphatic heterocycles. The van der Waals surface area contributed by atoms with Gasteiger partial charge in [0.2, 0.25) is 0 Å². The number of halogens is 3. The summed E-state index contributed by atoms with van der Waals surface area (Å²) in [5.41, 5.74) is -0.0614. The second kappa shape index (κ2) is 8.15. The van der Waals surface area contributed by atoms with Crippen LogP contribution in [0.1, 0.15) is 17.5 Å². The van der Waals surface area contributed by atoms with Crippen molar-refractivity contribution in [2.24, 2.45) is 0 Å². The zero-order chi connectivity index (χ0) is 18.3. The molecule has 5 nitrogen and oxygen atoms in total. The van der Waals surface area contributed by atoms with Crippen molar-refractivity contribution in [3.63, 3.8) is 0 Å². The van der Waals surface area contributed by atoms with E-state index in [1.165, 1.54) is 17.0 Å². The van der Waals surface area contributed by atoms with Crippen LogP contribution in [0.4, 0.5) is 23.7 Å². The van der Waals surface area contributed by atoms with Gasteiger partial charge in [0, 0.05) is 31.2 Å². The zero-order valence-electron chi connectivity index (χ0n) is 13.1. The summed E-state index contributed by atoms with van der Waals surface area (Å²) < 4.78 is 38.3. The van der Waals surface area contributed by atoms with Crippen LogP contribution in [0.25, 0.3) is 0 Å². The number of nitrogens with zero attached hydrogens (tertiary/aromatic N) is 3. The Morgan fingerprint density at radius 3 is 2.72 bits per heavy atom. The van der Waals surface area contributed by atoms with Crippen molar-refractivity contribution in [1.29, 1.82) is 5.26 Å². The van der Waals surface area contributed by atoms with Crippen LogP contribution in [0.5, 0.6) is 0 Å². The highest BCUT2D eigenvalue weighted by Gasteiger charge is 2.30. The molecule has 0 saturated carbocycles. The van der Waals surface area contributed by atoms with Crippen LogP contribution in [0.15, 0.2) is 48.8 Å². The van der Waals surface area contributed by atoms with E-state index in [1.54, 1.807) is 24.5 Å². The number of urea groups is 1. The molecule has 1 N–H and O–H groups in total. The summed E-state index contributed by atoms with van der Waals surface area (Å²) in [4.78, 5) is 17.7. The van der Waals surface area contributed by atoms with Gasteiger partial charge in [-0.3, -0.25) is 4.98 Å². The molecule has 2 rings (SSSR count). The van der Waals surface area contributed by atoms with E-state index in [0.717, 1.165) is 17.7 Å². The fraction of sp³-hybridized carbons (Fsp3) is 0.235. The number of carbonyl (C=O) groups excluding carboxylic acids is 1. The molecule has 1 aromatic heterocycles. The van der Waals surface area contributed by atoms with E-state index in [1.807, 2.05) is 6.07 Å². The predicted molar refractivity (Wildman–Crippen MR) is 85.3 cm³/mol. The number of nitrogens with one attached hydrogen (secondary N) is 1. The Balaban J connectivity index is 2.12. The van der Waals surface area contributed by atoms with Crippen molar-refractivity contribution in [2.75, 3.05) is 11.9 Å². The minimum Gasteiger partial charge on any atom is -0.319 e. The maximum atomic E-state index is 12.8. The van der Waals surface area contributed by atoms with E-state index in [0.29, 0.717) is 0 Å². The van der Waals surface area contributed by atoms with Gasteiger partial charge in [-0.2, -0.15) is 18.4 Å². The number of nitriles is 1. The topological polar surface area (TPSA) is 69.0 Å². The Labute approximate surface area is 142 Å². The molecular weight excluding hydrogens is 333 g/mol. The van der Waals surface area contributed by atoms with Crippen LogP contribution in [0.2, 0.25) is 0 Å². The van der Waals surface area contributed by atoms with E-state index in [4.69, 9.17) is 5.26 Å². The van der Waals surface area contributed by atoms with Crippen molar-refractivity contribution >= 4 is 11.7 Å². The van der Waals surface area contributed by atoms with E-state index < -0.39 is 17.8 Å². The second-order valence-electron chi connectivity index (χ2n) is 5.20. The molecule has 2 amide bonds. The standard InChI is InChI=1S/C17H15F3N4O/c18-17(19,20)14-5-1-6-15(10-14)23-16(25)24(9-3-7-21)12-13-4-2-8-22-11-13/h1-2,4-6,8,10-11H,3,9,12H2,(H,23,25). The number of anilines is 1. The summed E-state index contributed by atoms with van der Waals surface area (Å²) in [5, 5.41) is 11.2. The van der Waals surface area contributed by atoms with Gasteiger partial charge in [-0.15, -0.1) is 0 Å². The number of hydrogen-bond acceptors (Lipinski definition) is 3. The molecule has 0 fully saturated rings. The number of amides is 2. The third-order valence-electron chi connectivity index (χ3n) is 3.32. The largest absolute Gasteiger partial charge is 0.416 e. The molecule has 2 aromatic rings. The van der Waals surface area contributed by atoms with E-state index in [2.05, 4.69) is 10.3 Å². The van der Waals surface area contributed by atoms with Gasteiger partial charge in [0.05, 0.1) is 18.1 Å². The summed E-state index contributed by atoms with van der Waals surface area (Å²) in [6.07, 6.45) is -1.21. The molecule has 0 aliphatic rings. The van der Waals surface area contributed by atoms with Gasteiger partial charge in [-0.25, -0.2) is 4.79 Å². The average Bonchev–Trinajstić information content (AvgIpc) is 2.59. The normalized spacial score (nSPS) is 10.8. The quantitative estimate of drug-likeness (QED) is 0.886. The van der Waals surface area contributed by atoms with E-state index in [9.17, 15) is 18.0 Å². The second-order valence-corrected chi connectivity index (χ2v) is 5.20. The van der Waals surface area contributed by atoms with Gasteiger partial charge in [-0.1, -0.05) is 12.1 Å². The van der Waals surface area contributed by atoms with Crippen LogP contribution in [-0.4, -0.2) is 22.5 Å². The molecule has 8 heteroatoms. The highest BCUT2D eigenvalue weighted by Crippen LogP contribution is 2.30. The number of pyridine rings is 1. The molecule has 0 atom stereocenters. The fourth-order valence-electron chi connectivity index (χ4n) is 2.13. The van der Waals surface area contributed by atoms with Gasteiger partial charge >= 0.3 is 12.2 Å². The van der Waals surface area contributed by atoms with Gasteiger partial charge in [0.15, 0.2) is 0 Å². The monoisotopic (exact) mass is 348 g/mol. The lowest BCUT2D eigenvalue weighted by Crippen LogP contribution is -2.35. The molecule has 130 valence electrons. The zero-order valence-corrected chi connectivity index (χ0v) is 13.1. The van der Waals surface area contributed by atoms with Crippen LogP contribution in [0.3, 0.4) is 0 Å². The van der Waals surface area contributed by atoms with Crippen LogP contribution in [0, 0.1) is 11.3 Å². The molecule has 0 radical (unpaired) electrons. The van der Waals surface area contributed by atoms with E-state index in [-0.39, 0.29) is 25.2 Å². The van der Waals surface area contributed by atoms with Crippen LogP contribution in [-0.2, 0) is 12.7 Å². The number of rotatable bonds is 5. The number of hydrogen-bond donors (Lipinski definition) is 1. The lowest BCUT2D eigenvalue weighted by molar-refractivity contribution is -0.137. The van der Waals surface area contributed by atoms with Crippen molar-refractivity contribution in [3.05, 3.63) is 59.9 Å². The number of benzene rings is 1. The number of carbonyl (C=O) groups is 1. The molecule has 0 saturated heterocycles. The van der Waals surface area contributed by atoms with Crippen molar-refractivity contribution in [2.45, 2.75) is 19.1 Å². The lowest BCUT2D eigenvalue weighted by atomic mass is 10.2. The highest BCUT2D eigenvalue weighted by molar-refractivity contribution is 5.89. The summed E-state index contributed by atoms with van der Waals surface area (Å²) >= 11 is 0. The molecule has 1 heterocycles. The molecular formula is C17H15F3N4O. The Kier molecular flexibility index (Phi) is 5.95. The summed E-state index contributed by atoms with van der Waals surface area (Å²) in [7, 11) is 0. The van der Waals surface area contributed by atoms with Gasteiger partial charge in [0.25, 0.3) is 0 Å². The first-order chi connectivity index (χ1) is 11.9. The fourth-order valence-corrected chi connectivity index (χ4v) is 2.13. The first kappa shape index (κ1) is 18.3. The van der Waals surface area contributed by atoms with Gasteiger partial charge in [0.1, 0.15) is 0 Å². The van der Waals surface area contributed by atoms with Gasteiger partial charge < -0.3 is 10.2 Å². The Bertz CT molecular complexity index is 756. The lowest BCUT2D eigenvalue weighted by Gasteiger charge is -2.22. The summed E-state index contributed by atoms with van der Waals surface area (Å²) in [5.74, 6) is 0. The van der Waals surface area contributed by atoms with Crippen LogP contribution >= 0.6 is 0 Å². The molecule has 25 heavy (non-hydrogen) atoms. The van der Waals surface area contributed by atoms with Gasteiger partial charge in [-0.05, 0) is 29.8 Å². The van der Waals surface area contributed by atoms with Crippen molar-refractivity contribution in [3.8, 4) is 6.07 Å². The van der Waals surface area contributed by atoms with E-state index >= 15 is 0 Å². The minimum atomic E-state index is -4.49. The third kappa shape index (κ3) is 5.49. The Hall–Kier alpha value is -3.08. The molecule has 0 spiro atoms. The number of aromatic nitrogens is 1. The van der Waals surface area contributed by atoms with Crippen molar-refractivity contribution < 1.29 is 18.0 Å².